The van der Waals surface area contributed by atoms with Crippen LogP contribution in [0.4, 0.5) is 0 Å². The first-order valence-electron chi connectivity index (χ1n) is 6.53. The lowest BCUT2D eigenvalue weighted by Crippen LogP contribution is -1.99. The van der Waals surface area contributed by atoms with Gasteiger partial charge in [0.25, 0.3) is 0 Å². The molecular weight excluding hydrogens is 290 g/mol. The van der Waals surface area contributed by atoms with E-state index in [1.807, 2.05) is 25.2 Å². The van der Waals surface area contributed by atoms with Crippen LogP contribution in [0.25, 0.3) is 0 Å². The van der Waals surface area contributed by atoms with Crippen LogP contribution in [0.1, 0.15) is 38.2 Å². The minimum atomic E-state index is 0.684. The van der Waals surface area contributed by atoms with Gasteiger partial charge in [0, 0.05) is 23.8 Å². The number of halogens is 1. The summed E-state index contributed by atoms with van der Waals surface area (Å²) in [4.78, 5) is 4.25. The summed E-state index contributed by atoms with van der Waals surface area (Å²) in [6.45, 7) is 3.66. The summed E-state index contributed by atoms with van der Waals surface area (Å²) in [5, 5.41) is 0. The molecule has 0 spiro atoms. The quantitative estimate of drug-likeness (QED) is 0.507. The third-order valence-corrected chi connectivity index (χ3v) is 3.72. The van der Waals surface area contributed by atoms with Gasteiger partial charge in [-0.25, -0.2) is 0 Å². The number of unbranched alkanes of at least 4 members (excludes halogenated alkanes) is 1. The number of hydrogen-bond donors (Lipinski definition) is 0. The molecule has 18 heavy (non-hydrogen) atoms. The van der Waals surface area contributed by atoms with Crippen LogP contribution in [0.5, 0.6) is 0 Å². The molecule has 3 heteroatoms. The summed E-state index contributed by atoms with van der Waals surface area (Å²) in [5.74, 6) is 0. The van der Waals surface area contributed by atoms with Gasteiger partial charge in [-0.1, -0.05) is 41.1 Å². The fourth-order valence-electron chi connectivity index (χ4n) is 1.78. The highest BCUT2D eigenvalue weighted by Crippen LogP contribution is 2.16. The predicted octanol–water partition coefficient (Wildman–Crippen LogP) is 4.62. The van der Waals surface area contributed by atoms with Crippen LogP contribution in [-0.2, 0) is 11.3 Å². The van der Waals surface area contributed by atoms with Gasteiger partial charge in [-0.2, -0.15) is 0 Å². The zero-order valence-electron chi connectivity index (χ0n) is 11.3. The van der Waals surface area contributed by atoms with Gasteiger partial charge in [-0.3, -0.25) is 4.99 Å². The van der Waals surface area contributed by atoms with Crippen molar-refractivity contribution in [3.63, 3.8) is 0 Å². The number of hydrogen-bond acceptors (Lipinski definition) is 2. The minimum absolute atomic E-state index is 0.684. The number of aliphatic imine (C=N–C) groups is 1. The minimum Gasteiger partial charge on any atom is -0.377 e. The lowest BCUT2D eigenvalue weighted by Gasteiger charge is -2.06. The Labute approximate surface area is 119 Å². The Morgan fingerprint density at radius 1 is 1.28 bits per heavy atom. The van der Waals surface area contributed by atoms with E-state index in [-0.39, 0.29) is 0 Å². The van der Waals surface area contributed by atoms with E-state index in [4.69, 9.17) is 4.74 Å². The lowest BCUT2D eigenvalue weighted by molar-refractivity contribution is 0.117. The Balaban J connectivity index is 2.11. The molecule has 0 saturated carbocycles. The second-order valence-electron chi connectivity index (χ2n) is 4.24. The van der Waals surface area contributed by atoms with Crippen LogP contribution in [-0.4, -0.2) is 19.4 Å². The van der Waals surface area contributed by atoms with Gasteiger partial charge >= 0.3 is 0 Å². The van der Waals surface area contributed by atoms with Gasteiger partial charge in [0.2, 0.25) is 0 Å². The van der Waals surface area contributed by atoms with E-state index in [9.17, 15) is 0 Å². The van der Waals surface area contributed by atoms with Crippen LogP contribution in [0.15, 0.2) is 33.7 Å². The van der Waals surface area contributed by atoms with Gasteiger partial charge in [-0.15, -0.1) is 0 Å². The Morgan fingerprint density at radius 3 is 2.72 bits per heavy atom. The lowest BCUT2D eigenvalue weighted by atomic mass is 10.1. The van der Waals surface area contributed by atoms with Gasteiger partial charge < -0.3 is 4.74 Å². The molecule has 0 N–H and O–H groups in total. The molecule has 0 amide bonds. The summed E-state index contributed by atoms with van der Waals surface area (Å²) in [7, 11) is 1.88. The summed E-state index contributed by atoms with van der Waals surface area (Å²) in [6, 6.07) is 8.19. The second kappa shape index (κ2) is 9.29. The molecule has 0 aromatic heterocycles. The van der Waals surface area contributed by atoms with Crippen molar-refractivity contribution in [2.24, 2.45) is 4.99 Å². The molecule has 1 aromatic carbocycles. The summed E-state index contributed by atoms with van der Waals surface area (Å²) in [6.07, 6.45) is 4.43. The maximum absolute atomic E-state index is 5.68. The first kappa shape index (κ1) is 15.4. The van der Waals surface area contributed by atoms with Crippen molar-refractivity contribution in [3.05, 3.63) is 34.3 Å². The van der Waals surface area contributed by atoms with Gasteiger partial charge in [-0.05, 0) is 37.3 Å². The second-order valence-corrected chi connectivity index (χ2v) is 5.10. The van der Waals surface area contributed by atoms with Crippen molar-refractivity contribution in [2.75, 3.05) is 13.7 Å². The number of benzene rings is 1. The summed E-state index contributed by atoms with van der Waals surface area (Å²) < 4.78 is 6.80. The molecule has 0 aliphatic carbocycles. The summed E-state index contributed by atoms with van der Waals surface area (Å²) >= 11 is 3.52. The maximum Gasteiger partial charge on any atom is 0.0727 e. The topological polar surface area (TPSA) is 21.6 Å². The Kier molecular flexibility index (Phi) is 7.94. The number of ether oxygens (including phenoxy) is 1. The Morgan fingerprint density at radius 2 is 2.06 bits per heavy atom. The molecule has 0 bridgehead atoms. The van der Waals surface area contributed by atoms with Crippen molar-refractivity contribution in [3.8, 4) is 0 Å². The molecule has 2 nitrogen and oxygen atoms in total. The SMILES string of the molecule is CCC(CCCCOCc1ccccc1Br)=NC. The fourth-order valence-corrected chi connectivity index (χ4v) is 2.18. The van der Waals surface area contributed by atoms with E-state index >= 15 is 0 Å². The predicted molar refractivity (Wildman–Crippen MR) is 81.3 cm³/mol. The molecule has 0 radical (unpaired) electrons. The normalized spacial score (nSPS) is 11.8. The highest BCUT2D eigenvalue weighted by molar-refractivity contribution is 9.10. The molecule has 100 valence electrons. The van der Waals surface area contributed by atoms with Crippen molar-refractivity contribution in [1.82, 2.24) is 0 Å². The van der Waals surface area contributed by atoms with Crippen LogP contribution in [0, 0.1) is 0 Å². The Bertz CT molecular complexity index is 377. The average Bonchev–Trinajstić information content (AvgIpc) is 2.40. The molecule has 0 aliphatic rings. The third-order valence-electron chi connectivity index (χ3n) is 2.94. The van der Waals surface area contributed by atoms with Crippen molar-refractivity contribution >= 4 is 21.6 Å². The van der Waals surface area contributed by atoms with E-state index in [0.717, 1.165) is 36.8 Å². The molecule has 0 saturated heterocycles. The van der Waals surface area contributed by atoms with E-state index < -0.39 is 0 Å². The fraction of sp³-hybridized carbons (Fsp3) is 0.533. The Hall–Kier alpha value is -0.670. The summed E-state index contributed by atoms with van der Waals surface area (Å²) in [5.41, 5.74) is 2.52. The largest absolute Gasteiger partial charge is 0.377 e. The van der Waals surface area contributed by atoms with Crippen molar-refractivity contribution < 1.29 is 4.74 Å². The van der Waals surface area contributed by atoms with Gasteiger partial charge in [0.1, 0.15) is 0 Å². The molecule has 0 aliphatic heterocycles. The molecule has 1 aromatic rings. The number of nitrogens with zero attached hydrogens (tertiary/aromatic N) is 1. The van der Waals surface area contributed by atoms with Crippen LogP contribution in [0.3, 0.4) is 0 Å². The first-order valence-corrected chi connectivity index (χ1v) is 7.33. The van der Waals surface area contributed by atoms with Crippen molar-refractivity contribution in [1.29, 1.82) is 0 Å². The zero-order valence-corrected chi connectivity index (χ0v) is 12.9. The highest BCUT2D eigenvalue weighted by Gasteiger charge is 1.99. The first-order chi connectivity index (χ1) is 8.77. The van der Waals surface area contributed by atoms with Crippen LogP contribution in [0.2, 0.25) is 0 Å². The van der Waals surface area contributed by atoms with Crippen LogP contribution < -0.4 is 0 Å². The van der Waals surface area contributed by atoms with E-state index in [0.29, 0.717) is 6.61 Å². The van der Waals surface area contributed by atoms with E-state index in [1.165, 1.54) is 11.3 Å². The van der Waals surface area contributed by atoms with E-state index in [1.54, 1.807) is 0 Å². The highest BCUT2D eigenvalue weighted by atomic mass is 79.9. The monoisotopic (exact) mass is 311 g/mol. The molecule has 1 rings (SSSR count). The van der Waals surface area contributed by atoms with Gasteiger partial charge in [0.15, 0.2) is 0 Å². The third kappa shape index (κ3) is 5.78. The number of rotatable bonds is 8. The van der Waals surface area contributed by atoms with Crippen molar-refractivity contribution in [2.45, 2.75) is 39.2 Å². The average molecular weight is 312 g/mol. The van der Waals surface area contributed by atoms with Crippen LogP contribution >= 0.6 is 15.9 Å². The molecule has 0 atom stereocenters. The molecule has 0 unspecified atom stereocenters. The standard InChI is InChI=1S/C15H22BrNO/c1-3-14(17-2)9-6-7-11-18-12-13-8-4-5-10-15(13)16/h4-5,8,10H,3,6-7,9,11-12H2,1-2H3. The molecular formula is C15H22BrNO. The maximum atomic E-state index is 5.68. The van der Waals surface area contributed by atoms with E-state index in [2.05, 4.69) is 33.9 Å². The molecule has 0 heterocycles. The smallest absolute Gasteiger partial charge is 0.0727 e. The molecule has 0 fully saturated rings. The van der Waals surface area contributed by atoms with Gasteiger partial charge in [0.05, 0.1) is 6.61 Å². The zero-order chi connectivity index (χ0) is 13.2.